The summed E-state index contributed by atoms with van der Waals surface area (Å²) in [6.07, 6.45) is 1.14. The van der Waals surface area contributed by atoms with Crippen molar-refractivity contribution in [1.29, 1.82) is 0 Å². The van der Waals surface area contributed by atoms with Crippen LogP contribution >= 0.6 is 11.3 Å². The summed E-state index contributed by atoms with van der Waals surface area (Å²) in [5.74, 6) is 1.54. The lowest BCUT2D eigenvalue weighted by Crippen LogP contribution is -2.30. The van der Waals surface area contributed by atoms with E-state index in [-0.39, 0.29) is 0 Å². The van der Waals surface area contributed by atoms with Gasteiger partial charge in [0.05, 0.1) is 23.0 Å². The zero-order valence-electron chi connectivity index (χ0n) is 12.6. The van der Waals surface area contributed by atoms with Crippen molar-refractivity contribution in [2.24, 2.45) is 0 Å². The molecule has 3 aromatic rings. The van der Waals surface area contributed by atoms with Crippen LogP contribution < -0.4 is 10.0 Å². The smallest absolute Gasteiger partial charge is 0.208 e. The molecule has 0 aliphatic carbocycles. The molecular weight excluding hydrogens is 334 g/mol. The fourth-order valence-electron chi connectivity index (χ4n) is 2.10. The Bertz CT molecular complexity index is 866. The maximum Gasteiger partial charge on any atom is 0.208 e. The van der Waals surface area contributed by atoms with Gasteiger partial charge in [-0.15, -0.1) is 11.3 Å². The number of furan rings is 1. The molecule has 0 fully saturated rings. The van der Waals surface area contributed by atoms with E-state index in [0.29, 0.717) is 19.6 Å². The summed E-state index contributed by atoms with van der Waals surface area (Å²) >= 11 is 1.60. The van der Waals surface area contributed by atoms with Gasteiger partial charge in [-0.3, -0.25) is 0 Å². The van der Waals surface area contributed by atoms with E-state index in [1.54, 1.807) is 11.3 Å². The van der Waals surface area contributed by atoms with Gasteiger partial charge in [0.1, 0.15) is 5.76 Å². The van der Waals surface area contributed by atoms with Gasteiger partial charge in [-0.1, -0.05) is 12.1 Å². The second-order valence-electron chi connectivity index (χ2n) is 5.10. The largest absolute Gasteiger partial charge is 0.457 e. The molecule has 2 heterocycles. The first kappa shape index (κ1) is 16.1. The van der Waals surface area contributed by atoms with E-state index in [1.807, 2.05) is 36.4 Å². The van der Waals surface area contributed by atoms with Crippen molar-refractivity contribution in [3.05, 3.63) is 42.2 Å². The van der Waals surface area contributed by atoms with E-state index >= 15 is 0 Å². The molecule has 0 bridgehead atoms. The Hall–Kier alpha value is -1.74. The molecule has 0 amide bonds. The molecule has 8 heteroatoms. The number of fused-ring (bicyclic) bond motifs is 1. The molecule has 0 aliphatic rings. The Balaban J connectivity index is 1.57. The average molecular weight is 351 g/mol. The Morgan fingerprint density at radius 1 is 1.17 bits per heavy atom. The van der Waals surface area contributed by atoms with E-state index in [2.05, 4.69) is 15.0 Å². The van der Waals surface area contributed by atoms with Crippen LogP contribution in [0.4, 0.5) is 0 Å². The van der Waals surface area contributed by atoms with Crippen molar-refractivity contribution in [3.8, 4) is 10.8 Å². The minimum atomic E-state index is -3.13. The van der Waals surface area contributed by atoms with E-state index in [1.165, 1.54) is 0 Å². The highest BCUT2D eigenvalue weighted by molar-refractivity contribution is 7.88. The average Bonchev–Trinajstić information content (AvgIpc) is 3.11. The number of para-hydroxylation sites is 1. The number of sulfonamides is 1. The van der Waals surface area contributed by atoms with Crippen LogP contribution in [0.3, 0.4) is 0 Å². The molecule has 0 atom stereocenters. The molecule has 0 saturated carbocycles. The lowest BCUT2D eigenvalue weighted by atomic mass is 10.3. The van der Waals surface area contributed by atoms with Crippen LogP contribution in [0.15, 0.2) is 40.8 Å². The maximum absolute atomic E-state index is 10.9. The maximum atomic E-state index is 10.9. The van der Waals surface area contributed by atoms with Crippen LogP contribution in [0.1, 0.15) is 5.76 Å². The number of rotatable bonds is 7. The minimum absolute atomic E-state index is 0.351. The molecule has 6 nitrogen and oxygen atoms in total. The number of aromatic nitrogens is 1. The molecule has 0 unspecified atom stereocenters. The van der Waals surface area contributed by atoms with Gasteiger partial charge < -0.3 is 9.73 Å². The van der Waals surface area contributed by atoms with Gasteiger partial charge in [-0.25, -0.2) is 18.1 Å². The Labute approximate surface area is 138 Å². The van der Waals surface area contributed by atoms with Crippen LogP contribution in [0.2, 0.25) is 0 Å². The third kappa shape index (κ3) is 4.38. The Morgan fingerprint density at radius 3 is 2.78 bits per heavy atom. The fourth-order valence-corrected chi connectivity index (χ4v) is 3.50. The highest BCUT2D eigenvalue weighted by atomic mass is 32.2. The quantitative estimate of drug-likeness (QED) is 0.638. The lowest BCUT2D eigenvalue weighted by molar-refractivity contribution is 0.493. The summed E-state index contributed by atoms with van der Waals surface area (Å²) < 4.78 is 31.2. The van der Waals surface area contributed by atoms with Gasteiger partial charge in [0.25, 0.3) is 0 Å². The number of hydrogen-bond acceptors (Lipinski definition) is 6. The second-order valence-corrected chi connectivity index (χ2v) is 7.96. The van der Waals surface area contributed by atoms with Crippen LogP contribution in [0.5, 0.6) is 0 Å². The lowest BCUT2D eigenvalue weighted by Gasteiger charge is -2.03. The first-order chi connectivity index (χ1) is 11.0. The molecule has 2 N–H and O–H groups in total. The summed E-state index contributed by atoms with van der Waals surface area (Å²) in [6, 6.07) is 11.8. The Morgan fingerprint density at radius 2 is 2.00 bits per heavy atom. The van der Waals surface area contributed by atoms with Crippen molar-refractivity contribution >= 4 is 31.6 Å². The van der Waals surface area contributed by atoms with Crippen molar-refractivity contribution in [2.45, 2.75) is 6.54 Å². The van der Waals surface area contributed by atoms with Gasteiger partial charge in [0.2, 0.25) is 10.0 Å². The predicted octanol–water partition coefficient (Wildman–Crippen LogP) is 2.20. The third-order valence-corrected chi connectivity index (χ3v) is 4.91. The summed E-state index contributed by atoms with van der Waals surface area (Å²) in [5, 5.41) is 3.99. The van der Waals surface area contributed by atoms with Gasteiger partial charge in [-0.2, -0.15) is 0 Å². The highest BCUT2D eigenvalue weighted by Gasteiger charge is 2.10. The number of nitrogens with zero attached hydrogens (tertiary/aromatic N) is 1. The fraction of sp³-hybridized carbons (Fsp3) is 0.267. The summed E-state index contributed by atoms with van der Waals surface area (Å²) in [7, 11) is -3.13. The minimum Gasteiger partial charge on any atom is -0.457 e. The first-order valence-electron chi connectivity index (χ1n) is 7.11. The standard InChI is InChI=1S/C15H17N3O3S2/c1-23(19,20)17-9-8-16-10-11-6-7-13(21-11)15-18-12-4-2-3-5-14(12)22-15/h2-7,16-17H,8-10H2,1H3. The molecule has 0 radical (unpaired) electrons. The highest BCUT2D eigenvalue weighted by Crippen LogP contribution is 2.30. The van der Waals surface area contributed by atoms with Gasteiger partial charge in [-0.05, 0) is 24.3 Å². The van der Waals surface area contributed by atoms with E-state index in [0.717, 1.165) is 33.0 Å². The van der Waals surface area contributed by atoms with E-state index in [9.17, 15) is 8.42 Å². The van der Waals surface area contributed by atoms with Crippen LogP contribution in [0, 0.1) is 0 Å². The molecule has 0 saturated heterocycles. The van der Waals surface area contributed by atoms with E-state index in [4.69, 9.17) is 4.42 Å². The molecule has 0 aliphatic heterocycles. The van der Waals surface area contributed by atoms with Gasteiger partial charge in [0.15, 0.2) is 10.8 Å². The van der Waals surface area contributed by atoms with Crippen LogP contribution in [0.25, 0.3) is 21.0 Å². The van der Waals surface area contributed by atoms with Gasteiger partial charge in [0, 0.05) is 13.1 Å². The van der Waals surface area contributed by atoms with Crippen molar-refractivity contribution < 1.29 is 12.8 Å². The first-order valence-corrected chi connectivity index (χ1v) is 9.82. The van der Waals surface area contributed by atoms with Crippen molar-refractivity contribution in [2.75, 3.05) is 19.3 Å². The van der Waals surface area contributed by atoms with E-state index < -0.39 is 10.0 Å². The second kappa shape index (κ2) is 6.79. The SMILES string of the molecule is CS(=O)(=O)NCCNCc1ccc(-c2nc3ccccc3s2)o1. The molecule has 122 valence electrons. The molecular formula is C15H17N3O3S2. The number of nitrogens with one attached hydrogen (secondary N) is 2. The molecule has 3 rings (SSSR count). The molecule has 2 aromatic heterocycles. The third-order valence-electron chi connectivity index (χ3n) is 3.13. The van der Waals surface area contributed by atoms with Gasteiger partial charge >= 0.3 is 0 Å². The molecule has 0 spiro atoms. The van der Waals surface area contributed by atoms with Crippen molar-refractivity contribution in [3.63, 3.8) is 0 Å². The van der Waals surface area contributed by atoms with Crippen molar-refractivity contribution in [1.82, 2.24) is 15.0 Å². The van der Waals surface area contributed by atoms with Crippen LogP contribution in [-0.4, -0.2) is 32.7 Å². The summed E-state index contributed by atoms with van der Waals surface area (Å²) in [4.78, 5) is 4.56. The number of thiazole rings is 1. The summed E-state index contributed by atoms with van der Waals surface area (Å²) in [6.45, 7) is 1.42. The predicted molar refractivity (Wildman–Crippen MR) is 91.9 cm³/mol. The molecule has 23 heavy (non-hydrogen) atoms. The summed E-state index contributed by atoms with van der Waals surface area (Å²) in [5.41, 5.74) is 0.968. The zero-order valence-corrected chi connectivity index (χ0v) is 14.2. The monoisotopic (exact) mass is 351 g/mol. The normalized spacial score (nSPS) is 12.0. The topological polar surface area (TPSA) is 84.2 Å². The van der Waals surface area contributed by atoms with Crippen LogP contribution in [-0.2, 0) is 16.6 Å². The Kier molecular flexibility index (Phi) is 4.76. The number of hydrogen-bond donors (Lipinski definition) is 2. The molecule has 1 aromatic carbocycles. The number of benzene rings is 1. The zero-order chi connectivity index (χ0) is 16.3.